The van der Waals surface area contributed by atoms with E-state index in [1.807, 2.05) is 30.0 Å². The van der Waals surface area contributed by atoms with Crippen molar-refractivity contribution in [2.24, 2.45) is 0 Å². The van der Waals surface area contributed by atoms with Crippen LogP contribution in [0.2, 0.25) is 0 Å². The summed E-state index contributed by atoms with van der Waals surface area (Å²) in [7, 11) is 0. The quantitative estimate of drug-likeness (QED) is 0.815. The number of rotatable bonds is 6. The summed E-state index contributed by atoms with van der Waals surface area (Å²) in [6.07, 6.45) is 2.56. The van der Waals surface area contributed by atoms with Gasteiger partial charge in [-0.25, -0.2) is 0 Å². The molecule has 2 fully saturated rings. The number of amides is 2. The van der Waals surface area contributed by atoms with E-state index in [9.17, 15) is 9.59 Å². The zero-order valence-electron chi connectivity index (χ0n) is 17.3. The molecule has 1 aromatic rings. The molecular formula is C22H33N3O3. The first kappa shape index (κ1) is 20.8. The Labute approximate surface area is 168 Å². The van der Waals surface area contributed by atoms with Crippen molar-refractivity contribution < 1.29 is 14.3 Å². The van der Waals surface area contributed by atoms with Crippen LogP contribution >= 0.6 is 0 Å². The number of benzene rings is 1. The average Bonchev–Trinajstić information content (AvgIpc) is 3.27. The molecule has 0 aromatic heterocycles. The van der Waals surface area contributed by atoms with Crippen LogP contribution in [-0.2, 0) is 14.3 Å². The Balaban J connectivity index is 1.54. The number of piperazine rings is 1. The molecule has 2 saturated heterocycles. The molecule has 2 aliphatic heterocycles. The van der Waals surface area contributed by atoms with Gasteiger partial charge >= 0.3 is 0 Å². The van der Waals surface area contributed by atoms with E-state index < -0.39 is 0 Å². The van der Waals surface area contributed by atoms with Crippen molar-refractivity contribution in [3.63, 3.8) is 0 Å². The van der Waals surface area contributed by atoms with Gasteiger partial charge in [0.15, 0.2) is 0 Å². The van der Waals surface area contributed by atoms with Crippen LogP contribution in [0.5, 0.6) is 0 Å². The first-order chi connectivity index (χ1) is 13.5. The molecule has 0 aliphatic carbocycles. The number of ether oxygens (including phenoxy) is 1. The zero-order chi connectivity index (χ0) is 20.1. The van der Waals surface area contributed by atoms with Gasteiger partial charge in [0.1, 0.15) is 6.10 Å². The second-order valence-electron chi connectivity index (χ2n) is 7.92. The molecule has 28 heavy (non-hydrogen) atoms. The summed E-state index contributed by atoms with van der Waals surface area (Å²) in [4.78, 5) is 29.4. The monoisotopic (exact) mass is 387 g/mol. The third-order valence-electron chi connectivity index (χ3n) is 6.12. The van der Waals surface area contributed by atoms with Crippen LogP contribution in [0.1, 0.15) is 51.5 Å². The van der Waals surface area contributed by atoms with E-state index in [0.29, 0.717) is 38.7 Å². The van der Waals surface area contributed by atoms with Crippen LogP contribution in [-0.4, -0.2) is 66.5 Å². The molecule has 0 radical (unpaired) electrons. The summed E-state index contributed by atoms with van der Waals surface area (Å²) >= 11 is 0. The van der Waals surface area contributed by atoms with Crippen molar-refractivity contribution >= 4 is 17.5 Å². The molecule has 1 N–H and O–H groups in total. The molecule has 1 aromatic carbocycles. The zero-order valence-corrected chi connectivity index (χ0v) is 17.3. The lowest BCUT2D eigenvalue weighted by Gasteiger charge is -2.38. The van der Waals surface area contributed by atoms with Gasteiger partial charge in [0.2, 0.25) is 5.91 Å². The van der Waals surface area contributed by atoms with Crippen LogP contribution in [0.4, 0.5) is 5.69 Å². The number of hydrogen-bond acceptors (Lipinski definition) is 4. The average molecular weight is 388 g/mol. The first-order valence-electron chi connectivity index (χ1n) is 10.6. The molecule has 3 rings (SSSR count). The molecule has 6 nitrogen and oxygen atoms in total. The van der Waals surface area contributed by atoms with E-state index in [4.69, 9.17) is 4.74 Å². The van der Waals surface area contributed by atoms with E-state index in [0.717, 1.165) is 24.9 Å². The van der Waals surface area contributed by atoms with Gasteiger partial charge in [-0.05, 0) is 43.7 Å². The SMILES string of the molecule is CCC(C)c1ccccc1NC(=O)C(C)N1CCN(C(=O)C2CCCO2)CC1. The Kier molecular flexibility index (Phi) is 7.08. The predicted molar refractivity (Wildman–Crippen MR) is 110 cm³/mol. The topological polar surface area (TPSA) is 61.9 Å². The normalized spacial score (nSPS) is 22.7. The summed E-state index contributed by atoms with van der Waals surface area (Å²) in [5.74, 6) is 0.519. The standard InChI is InChI=1S/C22H33N3O3/c1-4-16(2)18-8-5-6-9-19(18)23-21(26)17(3)24-11-13-25(14-12-24)22(27)20-10-7-15-28-20/h5-6,8-9,16-17,20H,4,7,10-15H2,1-3H3,(H,23,26). The van der Waals surface area contributed by atoms with Gasteiger partial charge in [-0.2, -0.15) is 0 Å². The van der Waals surface area contributed by atoms with E-state index in [-0.39, 0.29) is 24.0 Å². The summed E-state index contributed by atoms with van der Waals surface area (Å²) in [6.45, 7) is 9.69. The first-order valence-corrected chi connectivity index (χ1v) is 10.6. The summed E-state index contributed by atoms with van der Waals surface area (Å²) in [6, 6.07) is 7.81. The van der Waals surface area contributed by atoms with Crippen molar-refractivity contribution in [3.05, 3.63) is 29.8 Å². The van der Waals surface area contributed by atoms with Crippen molar-refractivity contribution in [2.45, 2.75) is 58.1 Å². The van der Waals surface area contributed by atoms with Gasteiger partial charge in [-0.1, -0.05) is 32.0 Å². The molecule has 3 unspecified atom stereocenters. The number of nitrogens with one attached hydrogen (secondary N) is 1. The molecule has 0 bridgehead atoms. The van der Waals surface area contributed by atoms with Crippen molar-refractivity contribution in [2.75, 3.05) is 38.1 Å². The van der Waals surface area contributed by atoms with Gasteiger partial charge < -0.3 is 15.0 Å². The van der Waals surface area contributed by atoms with Gasteiger partial charge in [-0.3, -0.25) is 14.5 Å². The largest absolute Gasteiger partial charge is 0.368 e. The molecule has 0 spiro atoms. The van der Waals surface area contributed by atoms with Crippen LogP contribution in [0.3, 0.4) is 0 Å². The Bertz CT molecular complexity index is 679. The second kappa shape index (κ2) is 9.52. The van der Waals surface area contributed by atoms with Crippen LogP contribution < -0.4 is 5.32 Å². The van der Waals surface area contributed by atoms with E-state index in [1.54, 1.807) is 0 Å². The van der Waals surface area contributed by atoms with Crippen LogP contribution in [0.15, 0.2) is 24.3 Å². The van der Waals surface area contributed by atoms with Gasteiger partial charge in [0.05, 0.1) is 6.04 Å². The minimum atomic E-state index is -0.260. The third kappa shape index (κ3) is 4.73. The summed E-state index contributed by atoms with van der Waals surface area (Å²) < 4.78 is 5.52. The summed E-state index contributed by atoms with van der Waals surface area (Å²) in [5, 5.41) is 3.12. The van der Waals surface area contributed by atoms with E-state index in [1.165, 1.54) is 5.56 Å². The van der Waals surface area contributed by atoms with Crippen molar-refractivity contribution in [1.29, 1.82) is 0 Å². The third-order valence-corrected chi connectivity index (χ3v) is 6.12. The summed E-state index contributed by atoms with van der Waals surface area (Å²) in [5.41, 5.74) is 2.08. The highest BCUT2D eigenvalue weighted by molar-refractivity contribution is 5.95. The number of carbonyl (C=O) groups excluding carboxylic acids is 2. The maximum Gasteiger partial charge on any atom is 0.251 e. The van der Waals surface area contributed by atoms with Crippen LogP contribution in [0.25, 0.3) is 0 Å². The van der Waals surface area contributed by atoms with Crippen LogP contribution in [0, 0.1) is 0 Å². The Morgan fingerprint density at radius 3 is 2.54 bits per heavy atom. The lowest BCUT2D eigenvalue weighted by atomic mass is 9.97. The number of hydrogen-bond donors (Lipinski definition) is 1. The molecule has 154 valence electrons. The number of anilines is 1. The molecule has 3 atom stereocenters. The second-order valence-corrected chi connectivity index (χ2v) is 7.92. The smallest absolute Gasteiger partial charge is 0.251 e. The van der Waals surface area contributed by atoms with Gasteiger partial charge in [-0.15, -0.1) is 0 Å². The lowest BCUT2D eigenvalue weighted by Crippen LogP contribution is -2.55. The molecule has 2 heterocycles. The van der Waals surface area contributed by atoms with Crippen molar-refractivity contribution in [1.82, 2.24) is 9.80 Å². The van der Waals surface area contributed by atoms with Crippen molar-refractivity contribution in [3.8, 4) is 0 Å². The number of para-hydroxylation sites is 1. The van der Waals surface area contributed by atoms with Gasteiger partial charge in [0, 0.05) is 38.5 Å². The Morgan fingerprint density at radius 2 is 1.89 bits per heavy atom. The maximum absolute atomic E-state index is 12.8. The predicted octanol–water partition coefficient (Wildman–Crippen LogP) is 2.85. The molecule has 2 amide bonds. The fourth-order valence-electron chi connectivity index (χ4n) is 3.97. The fraction of sp³-hybridized carbons (Fsp3) is 0.636. The number of carbonyl (C=O) groups is 2. The minimum absolute atomic E-state index is 0.00894. The molecule has 2 aliphatic rings. The molecular weight excluding hydrogens is 354 g/mol. The highest BCUT2D eigenvalue weighted by Gasteiger charge is 2.32. The molecule has 0 saturated carbocycles. The lowest BCUT2D eigenvalue weighted by molar-refractivity contribution is -0.143. The highest BCUT2D eigenvalue weighted by atomic mass is 16.5. The van der Waals surface area contributed by atoms with Gasteiger partial charge in [0.25, 0.3) is 5.91 Å². The fourth-order valence-corrected chi connectivity index (χ4v) is 3.97. The number of nitrogens with zero attached hydrogens (tertiary/aromatic N) is 2. The highest BCUT2D eigenvalue weighted by Crippen LogP contribution is 2.27. The maximum atomic E-state index is 12.8. The Morgan fingerprint density at radius 1 is 1.18 bits per heavy atom. The molecule has 6 heteroatoms. The Hall–Kier alpha value is -1.92. The van der Waals surface area contributed by atoms with E-state index >= 15 is 0 Å². The van der Waals surface area contributed by atoms with E-state index in [2.05, 4.69) is 30.1 Å². The minimum Gasteiger partial charge on any atom is -0.368 e.